The molecule has 0 aliphatic carbocycles. The summed E-state index contributed by atoms with van der Waals surface area (Å²) in [4.78, 5) is 31.8. The number of aromatic nitrogens is 3. The molecule has 4 aromatic rings. The Labute approximate surface area is 177 Å². The Balaban J connectivity index is 1.31. The number of carbonyl (C=O) groups excluding carboxylic acids is 2. The summed E-state index contributed by atoms with van der Waals surface area (Å²) in [6.07, 6.45) is 2.00. The smallest absolute Gasteiger partial charge is 0.270 e. The molecular weight excluding hydrogens is 398 g/mol. The van der Waals surface area contributed by atoms with E-state index < -0.39 is 0 Å². The van der Waals surface area contributed by atoms with Crippen LogP contribution < -0.4 is 5.32 Å². The molecule has 1 aromatic carbocycles. The number of amides is 2. The molecule has 4 heterocycles. The lowest BCUT2D eigenvalue weighted by atomic mass is 10.1. The van der Waals surface area contributed by atoms with Crippen LogP contribution in [-0.4, -0.2) is 38.0 Å². The van der Waals surface area contributed by atoms with Crippen molar-refractivity contribution < 1.29 is 9.59 Å². The Bertz CT molecular complexity index is 1160. The van der Waals surface area contributed by atoms with Crippen molar-refractivity contribution in [3.8, 4) is 0 Å². The van der Waals surface area contributed by atoms with E-state index in [1.54, 1.807) is 22.4 Å². The molecule has 152 valence electrons. The van der Waals surface area contributed by atoms with Gasteiger partial charge in [0.1, 0.15) is 5.69 Å². The van der Waals surface area contributed by atoms with Crippen molar-refractivity contribution in [2.24, 2.45) is 0 Å². The van der Waals surface area contributed by atoms with Crippen molar-refractivity contribution in [3.63, 3.8) is 0 Å². The Morgan fingerprint density at radius 3 is 2.93 bits per heavy atom. The van der Waals surface area contributed by atoms with E-state index in [0.717, 1.165) is 21.5 Å². The number of fused-ring (bicyclic) bond motifs is 2. The molecule has 0 radical (unpaired) electrons. The molecule has 1 unspecified atom stereocenters. The fourth-order valence-electron chi connectivity index (χ4n) is 3.94. The van der Waals surface area contributed by atoms with Crippen LogP contribution >= 0.6 is 11.3 Å². The summed E-state index contributed by atoms with van der Waals surface area (Å²) < 4.78 is 1.87. The van der Waals surface area contributed by atoms with E-state index >= 15 is 0 Å². The van der Waals surface area contributed by atoms with Crippen molar-refractivity contribution in [3.05, 3.63) is 76.4 Å². The van der Waals surface area contributed by atoms with E-state index in [2.05, 4.69) is 15.4 Å². The van der Waals surface area contributed by atoms with Gasteiger partial charge in [0.15, 0.2) is 0 Å². The first-order chi connectivity index (χ1) is 14.7. The standard InChI is InChI=1S/C22H21N5O2S/c28-21(23-12-18-5-3-9-30-18)11-17-14-26(13-16-7-8-24-27(16)17)22(29)20-10-15-4-1-2-6-19(15)25-20/h1-10,17,25H,11-14H2,(H,23,28). The Morgan fingerprint density at radius 2 is 2.10 bits per heavy atom. The predicted molar refractivity (Wildman–Crippen MR) is 115 cm³/mol. The molecule has 0 fully saturated rings. The highest BCUT2D eigenvalue weighted by Gasteiger charge is 2.31. The minimum atomic E-state index is -0.194. The van der Waals surface area contributed by atoms with Gasteiger partial charge in [-0.1, -0.05) is 24.3 Å². The van der Waals surface area contributed by atoms with Gasteiger partial charge in [0.2, 0.25) is 5.91 Å². The largest absolute Gasteiger partial charge is 0.351 e. The van der Waals surface area contributed by atoms with E-state index in [0.29, 0.717) is 25.3 Å². The van der Waals surface area contributed by atoms with E-state index in [4.69, 9.17) is 0 Å². The van der Waals surface area contributed by atoms with Crippen LogP contribution in [0.25, 0.3) is 10.9 Å². The second-order valence-electron chi connectivity index (χ2n) is 7.44. The summed E-state index contributed by atoms with van der Waals surface area (Å²) in [5.41, 5.74) is 2.43. The number of para-hydroxylation sites is 1. The molecule has 1 aliphatic heterocycles. The molecule has 1 atom stereocenters. The van der Waals surface area contributed by atoms with Crippen molar-refractivity contribution >= 4 is 34.1 Å². The molecule has 2 N–H and O–H groups in total. The van der Waals surface area contributed by atoms with Crippen molar-refractivity contribution in [1.82, 2.24) is 25.0 Å². The Hall–Kier alpha value is -3.39. The summed E-state index contributed by atoms with van der Waals surface area (Å²) in [7, 11) is 0. The number of nitrogens with one attached hydrogen (secondary N) is 2. The second kappa shape index (κ2) is 7.79. The van der Waals surface area contributed by atoms with Gasteiger partial charge < -0.3 is 15.2 Å². The summed E-state index contributed by atoms with van der Waals surface area (Å²) >= 11 is 1.62. The molecule has 0 saturated heterocycles. The first-order valence-electron chi connectivity index (χ1n) is 9.86. The molecule has 7 nitrogen and oxygen atoms in total. The summed E-state index contributed by atoms with van der Waals surface area (Å²) in [6, 6.07) is 15.4. The maximum atomic E-state index is 13.2. The number of benzene rings is 1. The monoisotopic (exact) mass is 419 g/mol. The van der Waals surface area contributed by atoms with Crippen LogP contribution in [0.3, 0.4) is 0 Å². The molecule has 2 amide bonds. The van der Waals surface area contributed by atoms with Crippen molar-refractivity contribution in [2.75, 3.05) is 6.54 Å². The number of hydrogen-bond acceptors (Lipinski definition) is 4. The SMILES string of the molecule is O=C(CC1CN(C(=O)c2cc3ccccc3[nH]2)Cc2ccnn21)NCc1cccs1. The third-order valence-electron chi connectivity index (χ3n) is 5.39. The minimum absolute atomic E-state index is 0.0465. The van der Waals surface area contributed by atoms with Gasteiger partial charge >= 0.3 is 0 Å². The van der Waals surface area contributed by atoms with Gasteiger partial charge in [-0.25, -0.2) is 0 Å². The lowest BCUT2D eigenvalue weighted by molar-refractivity contribution is -0.122. The number of aromatic amines is 1. The van der Waals surface area contributed by atoms with Gasteiger partial charge in [-0.05, 0) is 29.6 Å². The van der Waals surface area contributed by atoms with Gasteiger partial charge in [-0.3, -0.25) is 14.3 Å². The van der Waals surface area contributed by atoms with Crippen molar-refractivity contribution in [2.45, 2.75) is 25.6 Å². The third-order valence-corrected chi connectivity index (χ3v) is 6.27. The Kier molecular flexibility index (Phi) is 4.84. The van der Waals surface area contributed by atoms with E-state index in [1.165, 1.54) is 0 Å². The average molecular weight is 420 g/mol. The molecule has 0 spiro atoms. The van der Waals surface area contributed by atoms with Gasteiger partial charge in [0.25, 0.3) is 5.91 Å². The fraction of sp³-hybridized carbons (Fsp3) is 0.227. The third kappa shape index (κ3) is 3.61. The Morgan fingerprint density at radius 1 is 1.20 bits per heavy atom. The molecule has 0 saturated carbocycles. The molecule has 0 bridgehead atoms. The lowest BCUT2D eigenvalue weighted by Crippen LogP contribution is -2.43. The highest BCUT2D eigenvalue weighted by Crippen LogP contribution is 2.25. The predicted octanol–water partition coefficient (Wildman–Crippen LogP) is 3.33. The van der Waals surface area contributed by atoms with Crippen LogP contribution in [0.15, 0.2) is 60.1 Å². The normalized spacial score (nSPS) is 15.9. The summed E-state index contributed by atoms with van der Waals surface area (Å²) in [5, 5.41) is 10.4. The first kappa shape index (κ1) is 18.6. The average Bonchev–Trinajstić information content (AvgIpc) is 3.51. The molecule has 3 aromatic heterocycles. The van der Waals surface area contributed by atoms with Crippen LogP contribution in [0.1, 0.15) is 33.5 Å². The van der Waals surface area contributed by atoms with E-state index in [1.807, 2.05) is 58.6 Å². The van der Waals surface area contributed by atoms with Crippen LogP contribution in [0.2, 0.25) is 0 Å². The first-order valence-corrected chi connectivity index (χ1v) is 10.7. The van der Waals surface area contributed by atoms with Gasteiger partial charge in [-0.2, -0.15) is 5.10 Å². The zero-order valence-electron chi connectivity index (χ0n) is 16.2. The topological polar surface area (TPSA) is 83.0 Å². The maximum absolute atomic E-state index is 13.2. The van der Waals surface area contributed by atoms with Gasteiger partial charge in [0, 0.05) is 28.5 Å². The maximum Gasteiger partial charge on any atom is 0.270 e. The quantitative estimate of drug-likeness (QED) is 0.521. The molecule has 1 aliphatic rings. The van der Waals surface area contributed by atoms with E-state index in [-0.39, 0.29) is 24.3 Å². The highest BCUT2D eigenvalue weighted by atomic mass is 32.1. The van der Waals surface area contributed by atoms with Gasteiger partial charge in [0.05, 0.1) is 31.2 Å². The zero-order chi connectivity index (χ0) is 20.5. The van der Waals surface area contributed by atoms with Crippen molar-refractivity contribution in [1.29, 1.82) is 0 Å². The number of hydrogen-bond donors (Lipinski definition) is 2. The number of carbonyl (C=O) groups is 2. The molecular formula is C22H21N5O2S. The number of thiophene rings is 1. The van der Waals surface area contributed by atoms with Gasteiger partial charge in [-0.15, -0.1) is 11.3 Å². The second-order valence-corrected chi connectivity index (χ2v) is 8.47. The fourth-order valence-corrected chi connectivity index (χ4v) is 4.58. The molecule has 5 rings (SSSR count). The van der Waals surface area contributed by atoms with Crippen LogP contribution in [0.5, 0.6) is 0 Å². The number of nitrogens with zero attached hydrogens (tertiary/aromatic N) is 3. The summed E-state index contributed by atoms with van der Waals surface area (Å²) in [6.45, 7) is 1.43. The highest BCUT2D eigenvalue weighted by molar-refractivity contribution is 7.09. The summed E-state index contributed by atoms with van der Waals surface area (Å²) in [5.74, 6) is -0.114. The number of rotatable bonds is 5. The minimum Gasteiger partial charge on any atom is -0.351 e. The number of H-pyrrole nitrogens is 1. The molecule has 8 heteroatoms. The van der Waals surface area contributed by atoms with E-state index in [9.17, 15) is 9.59 Å². The molecule has 30 heavy (non-hydrogen) atoms. The zero-order valence-corrected chi connectivity index (χ0v) is 17.1. The van der Waals surface area contributed by atoms with Crippen LogP contribution in [-0.2, 0) is 17.9 Å². The lowest BCUT2D eigenvalue weighted by Gasteiger charge is -2.33. The van der Waals surface area contributed by atoms with Crippen LogP contribution in [0.4, 0.5) is 0 Å². The van der Waals surface area contributed by atoms with Crippen LogP contribution in [0, 0.1) is 0 Å².